The Hall–Kier alpha value is -1.43. The number of carbonyl (C=O) groups excluding carboxylic acids is 1. The highest BCUT2D eigenvalue weighted by Crippen LogP contribution is 2.20. The predicted octanol–water partition coefficient (Wildman–Crippen LogP) is 0.688. The minimum Gasteiger partial charge on any atom is -0.365 e. The zero-order chi connectivity index (χ0) is 11.5. The van der Waals surface area contributed by atoms with E-state index in [2.05, 4.69) is 10.1 Å². The molecule has 0 radical (unpaired) electrons. The summed E-state index contributed by atoms with van der Waals surface area (Å²) in [5.74, 6) is 1.16. The number of amides is 1. The van der Waals surface area contributed by atoms with E-state index in [0.717, 1.165) is 0 Å². The highest BCUT2D eigenvalue weighted by molar-refractivity contribution is 5.75. The van der Waals surface area contributed by atoms with Gasteiger partial charge in [0.15, 0.2) is 11.9 Å². The molecular weight excluding hydrogens is 210 g/mol. The Labute approximate surface area is 93.6 Å². The normalized spacial score (nSPS) is 21.1. The summed E-state index contributed by atoms with van der Waals surface area (Å²) in [6.07, 6.45) is 0.223. The number of ether oxygens (including phenoxy) is 1. The first-order chi connectivity index (χ1) is 7.70. The van der Waals surface area contributed by atoms with Crippen LogP contribution in [0.4, 0.5) is 0 Å². The fourth-order valence-electron chi connectivity index (χ4n) is 1.69. The van der Waals surface area contributed by atoms with Crippen LogP contribution >= 0.6 is 0 Å². The second kappa shape index (κ2) is 4.61. The molecule has 1 aliphatic rings. The monoisotopic (exact) mass is 225 g/mol. The topological polar surface area (TPSA) is 68.5 Å². The minimum absolute atomic E-state index is 0.129. The lowest BCUT2D eigenvalue weighted by molar-refractivity contribution is -0.139. The molecule has 2 heterocycles. The van der Waals surface area contributed by atoms with Crippen LogP contribution in [0.15, 0.2) is 4.52 Å². The van der Waals surface area contributed by atoms with E-state index in [1.54, 1.807) is 11.8 Å². The first kappa shape index (κ1) is 11.1. The van der Waals surface area contributed by atoms with E-state index in [9.17, 15) is 4.79 Å². The molecule has 0 bridgehead atoms. The summed E-state index contributed by atoms with van der Waals surface area (Å²) < 4.78 is 10.6. The maximum atomic E-state index is 11.6. The summed E-state index contributed by atoms with van der Waals surface area (Å²) in [4.78, 5) is 17.4. The molecule has 1 amide bonds. The maximum absolute atomic E-state index is 11.6. The highest BCUT2D eigenvalue weighted by atomic mass is 16.5. The van der Waals surface area contributed by atoms with Crippen LogP contribution in [0.1, 0.15) is 31.2 Å². The average molecular weight is 225 g/mol. The van der Waals surface area contributed by atoms with Crippen molar-refractivity contribution < 1.29 is 14.1 Å². The zero-order valence-electron chi connectivity index (χ0n) is 9.47. The summed E-state index contributed by atoms with van der Waals surface area (Å²) >= 11 is 0. The van der Waals surface area contributed by atoms with E-state index in [1.807, 2.05) is 6.92 Å². The van der Waals surface area contributed by atoms with Crippen molar-refractivity contribution in [3.8, 4) is 0 Å². The van der Waals surface area contributed by atoms with E-state index >= 15 is 0 Å². The van der Waals surface area contributed by atoms with Gasteiger partial charge in [0.1, 0.15) is 0 Å². The van der Waals surface area contributed by atoms with Gasteiger partial charge in [0.25, 0.3) is 5.89 Å². The number of hydrogen-bond donors (Lipinski definition) is 0. The van der Waals surface area contributed by atoms with Crippen LogP contribution in [0, 0.1) is 6.92 Å². The molecule has 0 aromatic carbocycles. The van der Waals surface area contributed by atoms with Crippen molar-refractivity contribution in [2.75, 3.05) is 19.7 Å². The zero-order valence-corrected chi connectivity index (χ0v) is 9.47. The van der Waals surface area contributed by atoms with Gasteiger partial charge in [0.05, 0.1) is 13.2 Å². The Bertz CT molecular complexity index is 377. The summed E-state index contributed by atoms with van der Waals surface area (Å²) in [6.45, 7) is 5.25. The molecule has 0 N–H and O–H groups in total. The van der Waals surface area contributed by atoms with Crippen LogP contribution in [0.3, 0.4) is 0 Å². The standard InChI is InChI=1S/C10H15N3O3/c1-3-9(14)13-4-5-15-8(6-13)10-11-7(2)12-16-10/h8H,3-6H2,1-2H3. The molecule has 0 aliphatic carbocycles. The van der Waals surface area contributed by atoms with Crippen molar-refractivity contribution >= 4 is 5.91 Å². The molecule has 1 aromatic rings. The molecule has 1 unspecified atom stereocenters. The average Bonchev–Trinajstić information content (AvgIpc) is 2.75. The van der Waals surface area contributed by atoms with E-state index in [0.29, 0.717) is 37.8 Å². The molecule has 0 saturated carbocycles. The first-order valence-electron chi connectivity index (χ1n) is 5.40. The van der Waals surface area contributed by atoms with Crippen LogP contribution in [0.2, 0.25) is 0 Å². The van der Waals surface area contributed by atoms with Crippen molar-refractivity contribution in [3.05, 3.63) is 11.7 Å². The molecule has 1 fully saturated rings. The van der Waals surface area contributed by atoms with Gasteiger partial charge in [-0.25, -0.2) is 0 Å². The van der Waals surface area contributed by atoms with Crippen molar-refractivity contribution in [3.63, 3.8) is 0 Å². The van der Waals surface area contributed by atoms with Crippen molar-refractivity contribution in [1.29, 1.82) is 0 Å². The minimum atomic E-state index is -0.287. The van der Waals surface area contributed by atoms with Crippen LogP contribution < -0.4 is 0 Å². The Balaban J connectivity index is 2.04. The van der Waals surface area contributed by atoms with Crippen LogP contribution in [0.5, 0.6) is 0 Å². The lowest BCUT2D eigenvalue weighted by atomic mass is 10.2. The van der Waals surface area contributed by atoms with E-state index in [1.165, 1.54) is 0 Å². The van der Waals surface area contributed by atoms with Gasteiger partial charge in [0.2, 0.25) is 5.91 Å². The molecular formula is C10H15N3O3. The number of aromatic nitrogens is 2. The third-order valence-electron chi connectivity index (χ3n) is 2.54. The molecule has 6 nitrogen and oxygen atoms in total. The fourth-order valence-corrected chi connectivity index (χ4v) is 1.69. The molecule has 1 aliphatic heterocycles. The summed E-state index contributed by atoms with van der Waals surface area (Å²) in [5.41, 5.74) is 0. The number of aryl methyl sites for hydroxylation is 1. The SMILES string of the molecule is CCC(=O)N1CCOC(c2nc(C)no2)C1. The van der Waals surface area contributed by atoms with Crippen LogP contribution in [0.25, 0.3) is 0 Å². The first-order valence-corrected chi connectivity index (χ1v) is 5.40. The van der Waals surface area contributed by atoms with Gasteiger partial charge in [0, 0.05) is 13.0 Å². The van der Waals surface area contributed by atoms with E-state index < -0.39 is 0 Å². The lowest BCUT2D eigenvalue weighted by Crippen LogP contribution is -2.42. The second-order valence-corrected chi connectivity index (χ2v) is 3.73. The quantitative estimate of drug-likeness (QED) is 0.740. The number of nitrogens with zero attached hydrogens (tertiary/aromatic N) is 3. The number of morpholine rings is 1. The molecule has 6 heteroatoms. The Morgan fingerprint density at radius 3 is 3.06 bits per heavy atom. The van der Waals surface area contributed by atoms with Gasteiger partial charge in [-0.15, -0.1) is 0 Å². The molecule has 88 valence electrons. The van der Waals surface area contributed by atoms with Crippen molar-refractivity contribution in [2.24, 2.45) is 0 Å². The van der Waals surface area contributed by atoms with E-state index in [4.69, 9.17) is 9.26 Å². The highest BCUT2D eigenvalue weighted by Gasteiger charge is 2.28. The Morgan fingerprint density at radius 1 is 1.62 bits per heavy atom. The summed E-state index contributed by atoms with van der Waals surface area (Å²) in [7, 11) is 0. The van der Waals surface area contributed by atoms with Crippen LogP contribution in [-0.4, -0.2) is 40.6 Å². The van der Waals surface area contributed by atoms with Crippen molar-refractivity contribution in [1.82, 2.24) is 15.0 Å². The lowest BCUT2D eigenvalue weighted by Gasteiger charge is -2.30. The largest absolute Gasteiger partial charge is 0.365 e. The number of rotatable bonds is 2. The molecule has 0 spiro atoms. The smallest absolute Gasteiger partial charge is 0.257 e. The van der Waals surface area contributed by atoms with Crippen LogP contribution in [-0.2, 0) is 9.53 Å². The third-order valence-corrected chi connectivity index (χ3v) is 2.54. The molecule has 16 heavy (non-hydrogen) atoms. The van der Waals surface area contributed by atoms with Gasteiger partial charge >= 0.3 is 0 Å². The summed E-state index contributed by atoms with van der Waals surface area (Å²) in [6, 6.07) is 0. The van der Waals surface area contributed by atoms with Gasteiger partial charge in [-0.2, -0.15) is 4.98 Å². The number of hydrogen-bond acceptors (Lipinski definition) is 5. The Kier molecular flexibility index (Phi) is 3.19. The fraction of sp³-hybridized carbons (Fsp3) is 0.700. The van der Waals surface area contributed by atoms with Gasteiger partial charge in [-0.05, 0) is 6.92 Å². The van der Waals surface area contributed by atoms with Gasteiger partial charge in [-0.1, -0.05) is 12.1 Å². The maximum Gasteiger partial charge on any atom is 0.257 e. The molecule has 1 atom stereocenters. The van der Waals surface area contributed by atoms with Crippen molar-refractivity contribution in [2.45, 2.75) is 26.4 Å². The Morgan fingerprint density at radius 2 is 2.44 bits per heavy atom. The van der Waals surface area contributed by atoms with Gasteiger partial charge < -0.3 is 14.2 Å². The number of carbonyl (C=O) groups is 1. The third kappa shape index (κ3) is 2.21. The van der Waals surface area contributed by atoms with E-state index in [-0.39, 0.29) is 12.0 Å². The second-order valence-electron chi connectivity index (χ2n) is 3.73. The molecule has 1 saturated heterocycles. The molecule has 1 aromatic heterocycles. The molecule has 2 rings (SSSR count). The van der Waals surface area contributed by atoms with Gasteiger partial charge in [-0.3, -0.25) is 4.79 Å². The predicted molar refractivity (Wildman–Crippen MR) is 54.6 cm³/mol. The summed E-state index contributed by atoms with van der Waals surface area (Å²) in [5, 5.41) is 3.71.